The van der Waals surface area contributed by atoms with Gasteiger partial charge in [0.15, 0.2) is 0 Å². The molecule has 0 fully saturated rings. The van der Waals surface area contributed by atoms with E-state index in [1.165, 1.54) is 12.1 Å². The summed E-state index contributed by atoms with van der Waals surface area (Å²) in [5, 5.41) is 3.36. The van der Waals surface area contributed by atoms with Crippen LogP contribution in [0.5, 0.6) is 5.75 Å². The molecular weight excluding hydrogens is 321 g/mol. The lowest BCUT2D eigenvalue weighted by atomic mass is 10.1. The number of hydrogen-bond donors (Lipinski definition) is 1. The molecule has 0 saturated heterocycles. The fourth-order valence-corrected chi connectivity index (χ4v) is 2.66. The van der Waals surface area contributed by atoms with E-state index >= 15 is 0 Å². The van der Waals surface area contributed by atoms with Gasteiger partial charge in [0, 0.05) is 16.6 Å². The lowest BCUT2D eigenvalue weighted by Crippen LogP contribution is -2.09. The Balaban J connectivity index is 2.23. The lowest BCUT2D eigenvalue weighted by molar-refractivity contribution is 0.339. The van der Waals surface area contributed by atoms with Gasteiger partial charge in [-0.2, -0.15) is 0 Å². The van der Waals surface area contributed by atoms with Crippen LogP contribution in [0.2, 0.25) is 0 Å². The molecule has 0 aliphatic heterocycles. The quantitative estimate of drug-likeness (QED) is 0.813. The van der Waals surface area contributed by atoms with Gasteiger partial charge in [0.05, 0.1) is 12.3 Å². The average molecular weight is 338 g/mol. The van der Waals surface area contributed by atoms with Crippen molar-refractivity contribution in [3.05, 3.63) is 58.3 Å². The Morgan fingerprint density at radius 3 is 2.70 bits per heavy atom. The van der Waals surface area contributed by atoms with Crippen molar-refractivity contribution in [2.75, 3.05) is 11.9 Å². The van der Waals surface area contributed by atoms with Crippen LogP contribution in [0.3, 0.4) is 0 Å². The van der Waals surface area contributed by atoms with Gasteiger partial charge in [0.1, 0.15) is 11.6 Å². The first-order valence-corrected chi connectivity index (χ1v) is 7.34. The maximum absolute atomic E-state index is 13.3. The maximum Gasteiger partial charge on any atom is 0.145 e. The molecule has 0 heterocycles. The summed E-state index contributed by atoms with van der Waals surface area (Å²) >= 11 is 3.54. The molecule has 2 aromatic rings. The zero-order chi connectivity index (χ0) is 14.5. The van der Waals surface area contributed by atoms with E-state index in [0.29, 0.717) is 12.4 Å². The molecule has 0 aromatic heterocycles. The zero-order valence-electron chi connectivity index (χ0n) is 11.5. The SMILES string of the molecule is CCOc1cc(F)ccc1NC(C)c1ccccc1Br. The molecule has 0 saturated carbocycles. The normalized spacial score (nSPS) is 12.0. The Bertz CT molecular complexity index is 588. The van der Waals surface area contributed by atoms with Gasteiger partial charge in [-0.3, -0.25) is 0 Å². The van der Waals surface area contributed by atoms with E-state index in [4.69, 9.17) is 4.74 Å². The van der Waals surface area contributed by atoms with Gasteiger partial charge in [0.25, 0.3) is 0 Å². The Hall–Kier alpha value is -1.55. The Kier molecular flexibility index (Phi) is 5.01. The predicted octanol–water partition coefficient (Wildman–Crippen LogP) is 5.16. The molecule has 106 valence electrons. The summed E-state index contributed by atoms with van der Waals surface area (Å²) in [6.45, 7) is 4.44. The predicted molar refractivity (Wildman–Crippen MR) is 83.7 cm³/mol. The van der Waals surface area contributed by atoms with Gasteiger partial charge in [-0.15, -0.1) is 0 Å². The molecule has 0 aliphatic rings. The molecule has 0 bridgehead atoms. The van der Waals surface area contributed by atoms with Crippen molar-refractivity contribution in [1.82, 2.24) is 0 Å². The Morgan fingerprint density at radius 1 is 1.25 bits per heavy atom. The van der Waals surface area contributed by atoms with Crippen molar-refractivity contribution in [1.29, 1.82) is 0 Å². The fourth-order valence-electron chi connectivity index (χ4n) is 2.03. The molecule has 2 rings (SSSR count). The smallest absolute Gasteiger partial charge is 0.145 e. The van der Waals surface area contributed by atoms with E-state index in [9.17, 15) is 4.39 Å². The number of hydrogen-bond acceptors (Lipinski definition) is 2. The third-order valence-electron chi connectivity index (χ3n) is 2.99. The van der Waals surface area contributed by atoms with Gasteiger partial charge in [-0.25, -0.2) is 4.39 Å². The van der Waals surface area contributed by atoms with Crippen LogP contribution in [0.4, 0.5) is 10.1 Å². The summed E-state index contributed by atoms with van der Waals surface area (Å²) in [4.78, 5) is 0. The van der Waals surface area contributed by atoms with Crippen molar-refractivity contribution >= 4 is 21.6 Å². The van der Waals surface area contributed by atoms with Crippen LogP contribution < -0.4 is 10.1 Å². The first kappa shape index (κ1) is 14.9. The average Bonchev–Trinajstić information content (AvgIpc) is 2.42. The van der Waals surface area contributed by atoms with Crippen LogP contribution in [-0.2, 0) is 0 Å². The molecule has 0 spiro atoms. The minimum atomic E-state index is -0.299. The highest BCUT2D eigenvalue weighted by molar-refractivity contribution is 9.10. The van der Waals surface area contributed by atoms with Crippen molar-refractivity contribution in [3.8, 4) is 5.75 Å². The Labute approximate surface area is 127 Å². The molecule has 0 amide bonds. The van der Waals surface area contributed by atoms with Crippen molar-refractivity contribution < 1.29 is 9.13 Å². The zero-order valence-corrected chi connectivity index (χ0v) is 13.1. The van der Waals surface area contributed by atoms with Crippen LogP contribution in [0, 0.1) is 5.82 Å². The van der Waals surface area contributed by atoms with Gasteiger partial charge in [-0.1, -0.05) is 34.1 Å². The maximum atomic E-state index is 13.3. The third-order valence-corrected chi connectivity index (χ3v) is 3.71. The first-order valence-electron chi connectivity index (χ1n) is 6.55. The fraction of sp³-hybridized carbons (Fsp3) is 0.250. The highest BCUT2D eigenvalue weighted by Gasteiger charge is 2.12. The molecule has 20 heavy (non-hydrogen) atoms. The summed E-state index contributed by atoms with van der Waals surface area (Å²) in [7, 11) is 0. The molecule has 1 unspecified atom stereocenters. The molecular formula is C16H17BrFNO. The summed E-state index contributed by atoms with van der Waals surface area (Å²) in [5.74, 6) is 0.235. The van der Waals surface area contributed by atoms with E-state index in [-0.39, 0.29) is 11.9 Å². The summed E-state index contributed by atoms with van der Waals surface area (Å²) in [6, 6.07) is 12.6. The van der Waals surface area contributed by atoms with Gasteiger partial charge in [0.2, 0.25) is 0 Å². The number of ether oxygens (including phenoxy) is 1. The van der Waals surface area contributed by atoms with Crippen LogP contribution in [-0.4, -0.2) is 6.61 Å². The first-order chi connectivity index (χ1) is 9.61. The molecule has 2 nitrogen and oxygen atoms in total. The van der Waals surface area contributed by atoms with Crippen LogP contribution in [0.25, 0.3) is 0 Å². The van der Waals surface area contributed by atoms with Crippen molar-refractivity contribution in [2.45, 2.75) is 19.9 Å². The second kappa shape index (κ2) is 6.75. The Morgan fingerprint density at radius 2 is 2.00 bits per heavy atom. The standard InChI is InChI=1S/C16H17BrFNO/c1-3-20-16-10-12(18)8-9-15(16)19-11(2)13-6-4-5-7-14(13)17/h4-11,19H,3H2,1-2H3. The van der Waals surface area contributed by atoms with E-state index in [0.717, 1.165) is 15.7 Å². The minimum Gasteiger partial charge on any atom is -0.492 e. The number of benzene rings is 2. The third kappa shape index (κ3) is 3.51. The van der Waals surface area contributed by atoms with E-state index in [1.54, 1.807) is 6.07 Å². The van der Waals surface area contributed by atoms with Gasteiger partial charge in [-0.05, 0) is 37.6 Å². The van der Waals surface area contributed by atoms with E-state index < -0.39 is 0 Å². The number of rotatable bonds is 5. The van der Waals surface area contributed by atoms with Crippen molar-refractivity contribution in [2.24, 2.45) is 0 Å². The summed E-state index contributed by atoms with van der Waals surface area (Å²) in [6.07, 6.45) is 0. The molecule has 4 heteroatoms. The molecule has 0 aliphatic carbocycles. The number of nitrogens with one attached hydrogen (secondary N) is 1. The number of halogens is 2. The van der Waals surface area contributed by atoms with Crippen LogP contribution >= 0.6 is 15.9 Å². The van der Waals surface area contributed by atoms with Crippen molar-refractivity contribution in [3.63, 3.8) is 0 Å². The van der Waals surface area contributed by atoms with Crippen LogP contribution in [0.1, 0.15) is 25.5 Å². The molecule has 1 N–H and O–H groups in total. The lowest BCUT2D eigenvalue weighted by Gasteiger charge is -2.19. The monoisotopic (exact) mass is 337 g/mol. The molecule has 0 radical (unpaired) electrons. The van der Waals surface area contributed by atoms with Gasteiger partial charge < -0.3 is 10.1 Å². The van der Waals surface area contributed by atoms with Gasteiger partial charge >= 0.3 is 0 Å². The highest BCUT2D eigenvalue weighted by Crippen LogP contribution is 2.31. The second-order valence-corrected chi connectivity index (χ2v) is 5.32. The topological polar surface area (TPSA) is 21.3 Å². The largest absolute Gasteiger partial charge is 0.492 e. The number of anilines is 1. The minimum absolute atomic E-state index is 0.0789. The summed E-state index contributed by atoms with van der Waals surface area (Å²) < 4.78 is 19.8. The van der Waals surface area contributed by atoms with Crippen LogP contribution in [0.15, 0.2) is 46.9 Å². The molecule has 2 aromatic carbocycles. The second-order valence-electron chi connectivity index (χ2n) is 4.46. The highest BCUT2D eigenvalue weighted by atomic mass is 79.9. The van der Waals surface area contributed by atoms with E-state index in [2.05, 4.69) is 28.2 Å². The molecule has 1 atom stereocenters. The van der Waals surface area contributed by atoms with E-state index in [1.807, 2.05) is 31.2 Å². The summed E-state index contributed by atoms with van der Waals surface area (Å²) in [5.41, 5.74) is 1.93.